The summed E-state index contributed by atoms with van der Waals surface area (Å²) in [6, 6.07) is 19.4. The Morgan fingerprint density at radius 3 is 2.50 bits per heavy atom. The Balaban J connectivity index is 1.37. The first-order valence-corrected chi connectivity index (χ1v) is 11.3. The van der Waals surface area contributed by atoms with Crippen LogP contribution in [0.2, 0.25) is 0 Å². The summed E-state index contributed by atoms with van der Waals surface area (Å²) < 4.78 is 5.53. The summed E-state index contributed by atoms with van der Waals surface area (Å²) in [6.07, 6.45) is 2.59. The molecule has 1 aromatic heterocycles. The zero-order chi connectivity index (χ0) is 22.3. The number of carbonyl (C=O) groups is 1. The van der Waals surface area contributed by atoms with E-state index in [1.165, 1.54) is 33.5 Å². The molecule has 0 unspecified atom stereocenters. The Morgan fingerprint density at radius 1 is 0.938 bits per heavy atom. The van der Waals surface area contributed by atoms with Crippen molar-refractivity contribution in [2.75, 3.05) is 31.1 Å². The first kappa shape index (κ1) is 20.6. The molecule has 3 aromatic rings. The summed E-state index contributed by atoms with van der Waals surface area (Å²) in [5, 5.41) is 0. The van der Waals surface area contributed by atoms with Crippen molar-refractivity contribution in [1.82, 2.24) is 9.88 Å². The first-order valence-electron chi connectivity index (χ1n) is 11.3. The van der Waals surface area contributed by atoms with E-state index in [-0.39, 0.29) is 6.09 Å². The summed E-state index contributed by atoms with van der Waals surface area (Å²) >= 11 is 0. The van der Waals surface area contributed by atoms with Crippen molar-refractivity contribution in [3.63, 3.8) is 0 Å². The van der Waals surface area contributed by atoms with Gasteiger partial charge in [-0.25, -0.2) is 4.79 Å². The predicted octanol–water partition coefficient (Wildman–Crippen LogP) is 5.38. The minimum absolute atomic E-state index is 0.225. The molecule has 5 nitrogen and oxygen atoms in total. The smallest absolute Gasteiger partial charge is 0.410 e. The van der Waals surface area contributed by atoms with Crippen LogP contribution in [0.15, 0.2) is 60.8 Å². The van der Waals surface area contributed by atoms with Crippen molar-refractivity contribution < 1.29 is 9.53 Å². The van der Waals surface area contributed by atoms with E-state index in [1.54, 1.807) is 4.90 Å². The molecule has 1 amide bonds. The number of rotatable bonds is 2. The van der Waals surface area contributed by atoms with Crippen molar-refractivity contribution in [1.29, 1.82) is 0 Å². The second-order valence-corrected chi connectivity index (χ2v) is 9.52. The van der Waals surface area contributed by atoms with Crippen LogP contribution < -0.4 is 4.90 Å². The van der Waals surface area contributed by atoms with Crippen molar-refractivity contribution in [2.45, 2.75) is 32.8 Å². The number of carbonyl (C=O) groups excluding carboxylic acids is 1. The number of aromatic nitrogens is 1. The van der Waals surface area contributed by atoms with Gasteiger partial charge in [0.25, 0.3) is 0 Å². The van der Waals surface area contributed by atoms with E-state index in [0.717, 1.165) is 25.2 Å². The molecule has 0 bridgehead atoms. The van der Waals surface area contributed by atoms with Crippen LogP contribution in [-0.2, 0) is 11.2 Å². The van der Waals surface area contributed by atoms with E-state index >= 15 is 0 Å². The highest BCUT2D eigenvalue weighted by atomic mass is 16.6. The highest BCUT2D eigenvalue weighted by molar-refractivity contribution is 5.89. The van der Waals surface area contributed by atoms with Gasteiger partial charge in [-0.3, -0.25) is 4.98 Å². The third-order valence-corrected chi connectivity index (χ3v) is 6.13. The largest absolute Gasteiger partial charge is 0.444 e. The molecule has 0 spiro atoms. The summed E-state index contributed by atoms with van der Waals surface area (Å²) in [5.41, 5.74) is 8.20. The fourth-order valence-corrected chi connectivity index (χ4v) is 4.62. The van der Waals surface area contributed by atoms with Gasteiger partial charge < -0.3 is 14.5 Å². The monoisotopic (exact) mass is 427 g/mol. The zero-order valence-corrected chi connectivity index (χ0v) is 19.0. The standard InChI is InChI=1S/C27H29N3O2/c1-27(2,3)32-26(31)30-15-13-29(14-16-30)21-9-6-8-19(17-21)23-11-12-28-24-18-20-7-4-5-10-22(20)25(23)24/h4-12,17H,13-16,18H2,1-3H3. The van der Waals surface area contributed by atoms with Crippen LogP contribution in [0.1, 0.15) is 32.0 Å². The maximum Gasteiger partial charge on any atom is 0.410 e. The fraction of sp³-hybridized carbons (Fsp3) is 0.333. The zero-order valence-electron chi connectivity index (χ0n) is 19.0. The van der Waals surface area contributed by atoms with E-state index in [2.05, 4.69) is 64.5 Å². The Hall–Kier alpha value is -3.34. The van der Waals surface area contributed by atoms with Gasteiger partial charge in [-0.15, -0.1) is 0 Å². The minimum atomic E-state index is -0.466. The number of hydrogen-bond acceptors (Lipinski definition) is 4. The van der Waals surface area contributed by atoms with Gasteiger partial charge in [-0.2, -0.15) is 0 Å². The van der Waals surface area contributed by atoms with Gasteiger partial charge in [0.15, 0.2) is 0 Å². The van der Waals surface area contributed by atoms with Crippen LogP contribution in [0.4, 0.5) is 10.5 Å². The molecule has 2 heterocycles. The van der Waals surface area contributed by atoms with E-state index < -0.39 is 5.60 Å². The van der Waals surface area contributed by atoms with E-state index in [9.17, 15) is 4.79 Å². The number of anilines is 1. The molecule has 1 aliphatic heterocycles. The maximum absolute atomic E-state index is 12.4. The Kier molecular flexibility index (Phi) is 5.12. The number of benzene rings is 2. The molecule has 0 atom stereocenters. The number of piperazine rings is 1. The molecule has 1 aliphatic carbocycles. The van der Waals surface area contributed by atoms with Gasteiger partial charge in [-0.05, 0) is 61.2 Å². The number of nitrogens with zero attached hydrogens (tertiary/aromatic N) is 3. The van der Waals surface area contributed by atoms with Crippen LogP contribution in [0.3, 0.4) is 0 Å². The molecule has 2 aromatic carbocycles. The minimum Gasteiger partial charge on any atom is -0.444 e. The maximum atomic E-state index is 12.4. The summed E-state index contributed by atoms with van der Waals surface area (Å²) in [6.45, 7) is 8.62. The van der Waals surface area contributed by atoms with Gasteiger partial charge in [-0.1, -0.05) is 36.4 Å². The van der Waals surface area contributed by atoms with Crippen molar-refractivity contribution >= 4 is 11.8 Å². The fourth-order valence-electron chi connectivity index (χ4n) is 4.62. The summed E-state index contributed by atoms with van der Waals surface area (Å²) in [4.78, 5) is 21.2. The van der Waals surface area contributed by atoms with Gasteiger partial charge in [0.2, 0.25) is 0 Å². The van der Waals surface area contributed by atoms with E-state index in [4.69, 9.17) is 4.74 Å². The Labute approximate surface area is 189 Å². The quantitative estimate of drug-likeness (QED) is 0.431. The normalized spacial score (nSPS) is 15.3. The van der Waals surface area contributed by atoms with Gasteiger partial charge in [0.05, 0.1) is 5.69 Å². The molecule has 5 heteroatoms. The lowest BCUT2D eigenvalue weighted by molar-refractivity contribution is 0.0240. The topological polar surface area (TPSA) is 45.7 Å². The van der Waals surface area contributed by atoms with Crippen LogP contribution in [-0.4, -0.2) is 47.8 Å². The predicted molar refractivity (Wildman–Crippen MR) is 128 cm³/mol. The lowest BCUT2D eigenvalue weighted by Crippen LogP contribution is -2.50. The van der Waals surface area contributed by atoms with Crippen molar-refractivity contribution in [3.05, 3.63) is 72.1 Å². The molecule has 0 radical (unpaired) electrons. The molecular formula is C27H29N3O2. The highest BCUT2D eigenvalue weighted by Gasteiger charge is 2.27. The Morgan fingerprint density at radius 2 is 1.72 bits per heavy atom. The number of pyridine rings is 1. The second kappa shape index (κ2) is 7.97. The highest BCUT2D eigenvalue weighted by Crippen LogP contribution is 2.42. The number of ether oxygens (including phenoxy) is 1. The van der Waals surface area contributed by atoms with Crippen LogP contribution in [0, 0.1) is 0 Å². The molecule has 1 saturated heterocycles. The van der Waals surface area contributed by atoms with Gasteiger partial charge >= 0.3 is 6.09 Å². The number of hydrogen-bond donors (Lipinski definition) is 0. The molecule has 0 N–H and O–H groups in total. The number of fused-ring (bicyclic) bond motifs is 3. The molecule has 2 aliphatic rings. The molecule has 164 valence electrons. The van der Waals surface area contributed by atoms with Crippen LogP contribution in [0.5, 0.6) is 0 Å². The lowest BCUT2D eigenvalue weighted by Gasteiger charge is -2.37. The summed E-state index contributed by atoms with van der Waals surface area (Å²) in [7, 11) is 0. The van der Waals surface area contributed by atoms with E-state index in [1.807, 2.05) is 27.0 Å². The third-order valence-electron chi connectivity index (χ3n) is 6.13. The SMILES string of the molecule is CC(C)(C)OC(=O)N1CCN(c2cccc(-c3ccnc4c3-c3ccccc3C4)c2)CC1. The summed E-state index contributed by atoms with van der Waals surface area (Å²) in [5.74, 6) is 0. The second-order valence-electron chi connectivity index (χ2n) is 9.52. The van der Waals surface area contributed by atoms with Gasteiger partial charge in [0.1, 0.15) is 5.60 Å². The lowest BCUT2D eigenvalue weighted by atomic mass is 9.96. The molecular weight excluding hydrogens is 398 g/mol. The molecule has 1 fully saturated rings. The van der Waals surface area contributed by atoms with Crippen LogP contribution >= 0.6 is 0 Å². The van der Waals surface area contributed by atoms with Crippen molar-refractivity contribution in [3.8, 4) is 22.3 Å². The van der Waals surface area contributed by atoms with Crippen molar-refractivity contribution in [2.24, 2.45) is 0 Å². The first-order chi connectivity index (χ1) is 15.4. The Bertz CT molecular complexity index is 1160. The number of amides is 1. The molecule has 32 heavy (non-hydrogen) atoms. The average Bonchev–Trinajstić information content (AvgIpc) is 3.17. The molecule has 5 rings (SSSR count). The van der Waals surface area contributed by atoms with Crippen LogP contribution in [0.25, 0.3) is 22.3 Å². The average molecular weight is 428 g/mol. The third kappa shape index (κ3) is 3.95. The van der Waals surface area contributed by atoms with Gasteiger partial charge in [0, 0.05) is 50.0 Å². The molecule has 0 saturated carbocycles. The van der Waals surface area contributed by atoms with E-state index in [0.29, 0.717) is 13.1 Å².